The van der Waals surface area contributed by atoms with Crippen molar-refractivity contribution in [2.24, 2.45) is 0 Å². The van der Waals surface area contributed by atoms with Gasteiger partial charge in [-0.1, -0.05) is 32.0 Å². The summed E-state index contributed by atoms with van der Waals surface area (Å²) in [5.41, 5.74) is 11.0. The number of piperidine rings is 2. The normalized spacial score (nSPS) is 20.2. The lowest BCUT2D eigenvalue weighted by atomic mass is 9.96. The molecule has 4 N–H and O–H groups in total. The molecule has 9 nitrogen and oxygen atoms in total. The number of aryl methyl sites for hydroxylation is 2. The maximum absolute atomic E-state index is 14.0. The summed E-state index contributed by atoms with van der Waals surface area (Å²) in [4.78, 5) is 36.5. The lowest BCUT2D eigenvalue weighted by Crippen LogP contribution is -2.59. The Morgan fingerprint density at radius 3 is 2.23 bits per heavy atom. The average molecular weight is 624 g/mol. The zero-order valence-electron chi connectivity index (χ0n) is 27.0. The van der Waals surface area contributed by atoms with Gasteiger partial charge in [-0.05, 0) is 86.8 Å². The lowest BCUT2D eigenvalue weighted by molar-refractivity contribution is -0.135. The van der Waals surface area contributed by atoms with E-state index in [1.165, 1.54) is 24.0 Å². The van der Waals surface area contributed by atoms with Crippen molar-refractivity contribution in [3.63, 3.8) is 0 Å². The predicted octanol–water partition coefficient (Wildman–Crippen LogP) is 3.57. The third-order valence-corrected chi connectivity index (χ3v) is 10.8. The van der Waals surface area contributed by atoms with Gasteiger partial charge >= 0.3 is 6.03 Å². The maximum atomic E-state index is 14.0. The molecule has 44 heavy (non-hydrogen) atoms. The number of likely N-dealkylation sites (tertiary alicyclic amines) is 2. The van der Waals surface area contributed by atoms with Crippen molar-refractivity contribution in [2.45, 2.75) is 83.5 Å². The smallest absolute Gasteiger partial charge is 0.318 e. The monoisotopic (exact) mass is 623 g/mol. The Labute approximate surface area is 268 Å². The zero-order chi connectivity index (χ0) is 31.1. The summed E-state index contributed by atoms with van der Waals surface area (Å²) in [6.45, 7) is 12.0. The summed E-state index contributed by atoms with van der Waals surface area (Å²) < 4.78 is 0. The number of hydrogen-bond donors (Lipinski definition) is 3. The van der Waals surface area contributed by atoms with Gasteiger partial charge in [-0.3, -0.25) is 9.69 Å². The second kappa shape index (κ2) is 15.6. The first kappa shape index (κ1) is 32.7. The highest BCUT2D eigenvalue weighted by molar-refractivity contribution is 7.14. The second-order valence-electron chi connectivity index (χ2n) is 12.9. The third kappa shape index (κ3) is 8.33. The van der Waals surface area contributed by atoms with Crippen molar-refractivity contribution < 1.29 is 9.59 Å². The molecule has 3 fully saturated rings. The van der Waals surface area contributed by atoms with Crippen LogP contribution in [0.3, 0.4) is 0 Å². The van der Waals surface area contributed by atoms with Crippen LogP contribution in [-0.2, 0) is 30.6 Å². The van der Waals surface area contributed by atoms with Crippen LogP contribution in [0.5, 0.6) is 0 Å². The Morgan fingerprint density at radius 2 is 1.59 bits per heavy atom. The molecule has 10 heteroatoms. The van der Waals surface area contributed by atoms with Crippen molar-refractivity contribution in [1.82, 2.24) is 30.2 Å². The van der Waals surface area contributed by atoms with Crippen molar-refractivity contribution in [1.29, 1.82) is 0 Å². The van der Waals surface area contributed by atoms with E-state index < -0.39 is 6.04 Å². The number of nitrogen functional groups attached to an aromatic ring is 1. The van der Waals surface area contributed by atoms with Crippen LogP contribution in [0.1, 0.15) is 61.8 Å². The number of anilines is 1. The molecule has 3 amide bonds. The van der Waals surface area contributed by atoms with Crippen LogP contribution in [0.4, 0.5) is 9.80 Å². The minimum Gasteiger partial charge on any atom is -0.390 e. The van der Waals surface area contributed by atoms with Crippen molar-refractivity contribution in [3.05, 3.63) is 51.9 Å². The van der Waals surface area contributed by atoms with E-state index in [2.05, 4.69) is 65.6 Å². The number of nitrogens with zero attached hydrogens (tertiary/aromatic N) is 4. The molecule has 3 aliphatic rings. The molecule has 1 atom stereocenters. The van der Waals surface area contributed by atoms with Gasteiger partial charge in [0.2, 0.25) is 5.91 Å². The number of nitrogens with two attached hydrogens (primary N) is 1. The van der Waals surface area contributed by atoms with Gasteiger partial charge in [0.05, 0.1) is 5.00 Å². The molecular formula is C34H53N7O2S. The van der Waals surface area contributed by atoms with E-state index in [-0.39, 0.29) is 11.9 Å². The fourth-order valence-corrected chi connectivity index (χ4v) is 7.75. The summed E-state index contributed by atoms with van der Waals surface area (Å²) >= 11 is 1.57. The quantitative estimate of drug-likeness (QED) is 0.375. The summed E-state index contributed by atoms with van der Waals surface area (Å²) in [6, 6.07) is 8.90. The summed E-state index contributed by atoms with van der Waals surface area (Å²) in [6.07, 6.45) is 6.63. The van der Waals surface area contributed by atoms with Gasteiger partial charge < -0.3 is 31.1 Å². The molecule has 5 rings (SSSR count). The first-order chi connectivity index (χ1) is 21.3. The fourth-order valence-electron chi connectivity index (χ4n) is 7.08. The highest BCUT2D eigenvalue weighted by Crippen LogP contribution is 2.21. The Kier molecular flexibility index (Phi) is 11.6. The summed E-state index contributed by atoms with van der Waals surface area (Å²) in [5, 5.41) is 9.69. The highest BCUT2D eigenvalue weighted by atomic mass is 32.1. The van der Waals surface area contributed by atoms with E-state index in [0.29, 0.717) is 31.6 Å². The Hall–Kier alpha value is -2.66. The van der Waals surface area contributed by atoms with Gasteiger partial charge in [-0.25, -0.2) is 4.79 Å². The number of hydrogen-bond acceptors (Lipinski definition) is 7. The summed E-state index contributed by atoms with van der Waals surface area (Å²) in [7, 11) is 2.20. The minimum absolute atomic E-state index is 0.0453. The molecule has 3 saturated heterocycles. The molecular weight excluding hydrogens is 570 g/mol. The molecule has 2 aromatic rings. The van der Waals surface area contributed by atoms with E-state index in [9.17, 15) is 9.59 Å². The first-order valence-electron chi connectivity index (χ1n) is 16.8. The van der Waals surface area contributed by atoms with Crippen molar-refractivity contribution in [3.8, 4) is 0 Å². The van der Waals surface area contributed by atoms with Crippen LogP contribution in [0.15, 0.2) is 29.6 Å². The molecule has 1 aromatic heterocycles. The SMILES string of the molecule is CCc1ccc(C[C@@H](NC(=O)N2CCC(NCc3ccsc3N)CC2)C(=O)N2CCN(C3CCN(C)CC3)CC2)cc1CC. The minimum atomic E-state index is -0.577. The fraction of sp³-hybridized carbons (Fsp3) is 0.647. The van der Waals surface area contributed by atoms with Crippen LogP contribution >= 0.6 is 11.3 Å². The molecule has 0 unspecified atom stereocenters. The van der Waals surface area contributed by atoms with Gasteiger partial charge in [0.15, 0.2) is 0 Å². The highest BCUT2D eigenvalue weighted by Gasteiger charge is 2.33. The molecule has 0 spiro atoms. The molecule has 0 aliphatic carbocycles. The van der Waals surface area contributed by atoms with E-state index in [0.717, 1.165) is 87.6 Å². The topological polar surface area (TPSA) is 97.2 Å². The van der Waals surface area contributed by atoms with E-state index in [4.69, 9.17) is 5.73 Å². The number of rotatable bonds is 10. The predicted molar refractivity (Wildman–Crippen MR) is 180 cm³/mol. The second-order valence-corrected chi connectivity index (χ2v) is 13.8. The number of urea groups is 1. The molecule has 4 heterocycles. The lowest BCUT2D eigenvalue weighted by Gasteiger charge is -2.43. The van der Waals surface area contributed by atoms with Crippen molar-refractivity contribution in [2.75, 3.05) is 65.1 Å². The molecule has 0 saturated carbocycles. The Bertz CT molecular complexity index is 1230. The van der Waals surface area contributed by atoms with Gasteiger partial charge in [0.1, 0.15) is 6.04 Å². The number of carbonyl (C=O) groups is 2. The number of benzene rings is 1. The molecule has 1 aromatic carbocycles. The van der Waals surface area contributed by atoms with Crippen LogP contribution in [0.2, 0.25) is 0 Å². The van der Waals surface area contributed by atoms with Gasteiger partial charge in [-0.15, -0.1) is 11.3 Å². The number of amides is 3. The first-order valence-corrected chi connectivity index (χ1v) is 17.6. The van der Waals surface area contributed by atoms with Crippen molar-refractivity contribution >= 4 is 28.3 Å². The van der Waals surface area contributed by atoms with E-state index in [1.807, 2.05) is 15.2 Å². The number of nitrogens with one attached hydrogen (secondary N) is 2. The van der Waals surface area contributed by atoms with E-state index >= 15 is 0 Å². The van der Waals surface area contributed by atoms with Crippen LogP contribution in [-0.4, -0.2) is 109 Å². The maximum Gasteiger partial charge on any atom is 0.318 e. The van der Waals surface area contributed by atoms with Gasteiger partial charge in [-0.2, -0.15) is 0 Å². The zero-order valence-corrected chi connectivity index (χ0v) is 27.8. The average Bonchev–Trinajstić information content (AvgIpc) is 3.47. The van der Waals surface area contributed by atoms with Gasteiger partial charge in [0, 0.05) is 69.9 Å². The Morgan fingerprint density at radius 1 is 0.886 bits per heavy atom. The number of piperazine rings is 1. The molecule has 3 aliphatic heterocycles. The largest absolute Gasteiger partial charge is 0.390 e. The number of thiophene rings is 1. The molecule has 0 radical (unpaired) electrons. The Balaban J connectivity index is 1.20. The number of carbonyl (C=O) groups excluding carboxylic acids is 2. The third-order valence-electron chi connectivity index (χ3n) is 10.0. The molecule has 0 bridgehead atoms. The summed E-state index contributed by atoms with van der Waals surface area (Å²) in [5.74, 6) is 0.0453. The standard InChI is InChI=1S/C34H53N7O2S/c1-4-26-7-6-25(22-27(26)5-2)23-31(33(42)40-19-17-39(18-20-40)30-10-13-38(3)14-11-30)37-34(43)41-15-8-29(9-16-41)36-24-28-12-21-44-32(28)35/h6-7,12,21-22,29-31,36H,4-5,8-11,13-20,23-24,35H2,1-3H3,(H,37,43)/t31-/m1/s1. The van der Waals surface area contributed by atoms with Crippen LogP contribution in [0, 0.1) is 0 Å². The molecule has 242 valence electrons. The van der Waals surface area contributed by atoms with Gasteiger partial charge in [0.25, 0.3) is 0 Å². The van der Waals surface area contributed by atoms with Crippen LogP contribution in [0.25, 0.3) is 0 Å². The van der Waals surface area contributed by atoms with Crippen LogP contribution < -0.4 is 16.4 Å². The van der Waals surface area contributed by atoms with E-state index in [1.54, 1.807) is 11.3 Å².